The normalized spacial score (nSPS) is 11.4. The molecule has 78 valence electrons. The highest BCUT2D eigenvalue weighted by molar-refractivity contribution is 5.82. The average molecular weight is 186 g/mol. The molecule has 0 saturated heterocycles. The minimum atomic E-state index is -0.321. The summed E-state index contributed by atoms with van der Waals surface area (Å²) in [4.78, 5) is 11.7. The first-order valence-corrected chi connectivity index (χ1v) is 5.09. The van der Waals surface area contributed by atoms with Crippen molar-refractivity contribution in [3.05, 3.63) is 0 Å². The van der Waals surface area contributed by atoms with Gasteiger partial charge in [0.25, 0.3) is 0 Å². The average Bonchev–Trinajstić information content (AvgIpc) is 2.16. The zero-order valence-electron chi connectivity index (χ0n) is 9.02. The molecular formula is C10H22N2O. The van der Waals surface area contributed by atoms with Crippen LogP contribution in [0.5, 0.6) is 0 Å². The molecule has 3 nitrogen and oxygen atoms in total. The predicted octanol–water partition coefficient (Wildman–Crippen LogP) is 1.28. The van der Waals surface area contributed by atoms with E-state index < -0.39 is 0 Å². The van der Waals surface area contributed by atoms with Crippen molar-refractivity contribution in [3.8, 4) is 0 Å². The third kappa shape index (κ3) is 2.99. The largest absolute Gasteiger partial charge is 0.359 e. The molecule has 1 amide bonds. The van der Waals surface area contributed by atoms with Crippen LogP contribution in [-0.4, -0.2) is 19.5 Å². The topological polar surface area (TPSA) is 55.1 Å². The van der Waals surface area contributed by atoms with Crippen LogP contribution in [0.1, 0.15) is 39.5 Å². The Morgan fingerprint density at radius 3 is 2.00 bits per heavy atom. The van der Waals surface area contributed by atoms with Gasteiger partial charge in [-0.3, -0.25) is 4.79 Å². The Morgan fingerprint density at radius 2 is 1.77 bits per heavy atom. The lowest BCUT2D eigenvalue weighted by Gasteiger charge is -2.29. The fraction of sp³-hybridized carbons (Fsp3) is 0.900. The van der Waals surface area contributed by atoms with E-state index in [9.17, 15) is 4.79 Å². The lowest BCUT2D eigenvalue weighted by Crippen LogP contribution is -2.44. The second-order valence-corrected chi connectivity index (χ2v) is 3.56. The first-order chi connectivity index (χ1) is 6.16. The highest BCUT2D eigenvalue weighted by Crippen LogP contribution is 2.28. The van der Waals surface area contributed by atoms with E-state index in [0.717, 1.165) is 25.7 Å². The zero-order valence-corrected chi connectivity index (χ0v) is 9.02. The van der Waals surface area contributed by atoms with Crippen LogP contribution >= 0.6 is 0 Å². The van der Waals surface area contributed by atoms with E-state index in [1.54, 1.807) is 7.05 Å². The zero-order chi connectivity index (χ0) is 10.3. The lowest BCUT2D eigenvalue weighted by molar-refractivity contribution is -0.131. The predicted molar refractivity (Wildman–Crippen MR) is 55.4 cm³/mol. The van der Waals surface area contributed by atoms with E-state index in [-0.39, 0.29) is 11.3 Å². The van der Waals surface area contributed by atoms with E-state index in [0.29, 0.717) is 6.54 Å². The standard InChI is InChI=1S/C10H22N2O/c1-4-6-10(8-11,7-5-2)9(13)12-3/h4-8,11H2,1-3H3,(H,12,13). The summed E-state index contributed by atoms with van der Waals surface area (Å²) in [7, 11) is 1.68. The molecule has 3 N–H and O–H groups in total. The number of hydrogen-bond donors (Lipinski definition) is 2. The molecule has 0 spiro atoms. The first kappa shape index (κ1) is 12.4. The Balaban J connectivity index is 4.52. The highest BCUT2D eigenvalue weighted by atomic mass is 16.2. The molecule has 0 aliphatic carbocycles. The summed E-state index contributed by atoms with van der Waals surface area (Å²) in [5.74, 6) is 0.0960. The third-order valence-electron chi connectivity index (χ3n) is 2.56. The quantitative estimate of drug-likeness (QED) is 0.656. The number of amides is 1. The summed E-state index contributed by atoms with van der Waals surface area (Å²) in [5, 5.41) is 2.71. The van der Waals surface area contributed by atoms with Gasteiger partial charge in [0.15, 0.2) is 0 Å². The van der Waals surface area contributed by atoms with Gasteiger partial charge in [-0.15, -0.1) is 0 Å². The number of hydrogen-bond acceptors (Lipinski definition) is 2. The minimum absolute atomic E-state index is 0.0960. The lowest BCUT2D eigenvalue weighted by atomic mass is 9.78. The van der Waals surface area contributed by atoms with Crippen LogP contribution in [0.4, 0.5) is 0 Å². The van der Waals surface area contributed by atoms with Crippen molar-refractivity contribution < 1.29 is 4.79 Å². The molecule has 3 heteroatoms. The van der Waals surface area contributed by atoms with Crippen molar-refractivity contribution in [2.45, 2.75) is 39.5 Å². The monoisotopic (exact) mass is 186 g/mol. The van der Waals surface area contributed by atoms with E-state index in [1.165, 1.54) is 0 Å². The molecule has 0 aliphatic heterocycles. The minimum Gasteiger partial charge on any atom is -0.359 e. The summed E-state index contributed by atoms with van der Waals surface area (Å²) in [6.45, 7) is 4.63. The van der Waals surface area contributed by atoms with Crippen molar-refractivity contribution >= 4 is 5.91 Å². The van der Waals surface area contributed by atoms with E-state index in [2.05, 4.69) is 19.2 Å². The molecule has 0 rings (SSSR count). The molecular weight excluding hydrogens is 164 g/mol. The second kappa shape index (κ2) is 5.97. The van der Waals surface area contributed by atoms with Gasteiger partial charge in [0, 0.05) is 13.6 Å². The SMILES string of the molecule is CCCC(CN)(CCC)C(=O)NC. The maximum absolute atomic E-state index is 11.7. The van der Waals surface area contributed by atoms with Crippen LogP contribution < -0.4 is 11.1 Å². The molecule has 0 saturated carbocycles. The fourth-order valence-electron chi connectivity index (χ4n) is 1.87. The van der Waals surface area contributed by atoms with Crippen molar-refractivity contribution in [2.75, 3.05) is 13.6 Å². The Morgan fingerprint density at radius 1 is 1.31 bits per heavy atom. The molecule has 0 bridgehead atoms. The Bertz CT molecular complexity index is 151. The van der Waals surface area contributed by atoms with Gasteiger partial charge in [0.1, 0.15) is 0 Å². The van der Waals surface area contributed by atoms with E-state index >= 15 is 0 Å². The molecule has 0 aromatic carbocycles. The molecule has 0 heterocycles. The molecule has 0 atom stereocenters. The Kier molecular flexibility index (Phi) is 5.71. The summed E-state index contributed by atoms with van der Waals surface area (Å²) in [6.07, 6.45) is 3.78. The third-order valence-corrected chi connectivity index (χ3v) is 2.56. The van der Waals surface area contributed by atoms with Gasteiger partial charge in [-0.25, -0.2) is 0 Å². The molecule has 13 heavy (non-hydrogen) atoms. The maximum atomic E-state index is 11.7. The van der Waals surface area contributed by atoms with Crippen molar-refractivity contribution in [1.82, 2.24) is 5.32 Å². The van der Waals surface area contributed by atoms with Crippen LogP contribution in [0, 0.1) is 5.41 Å². The molecule has 0 radical (unpaired) electrons. The van der Waals surface area contributed by atoms with Gasteiger partial charge in [-0.05, 0) is 12.8 Å². The maximum Gasteiger partial charge on any atom is 0.227 e. The van der Waals surface area contributed by atoms with Gasteiger partial charge < -0.3 is 11.1 Å². The van der Waals surface area contributed by atoms with Crippen molar-refractivity contribution in [3.63, 3.8) is 0 Å². The number of rotatable bonds is 6. The smallest absolute Gasteiger partial charge is 0.227 e. The molecule has 0 fully saturated rings. The number of carbonyl (C=O) groups is 1. The highest BCUT2D eigenvalue weighted by Gasteiger charge is 2.34. The molecule has 0 aromatic heterocycles. The second-order valence-electron chi connectivity index (χ2n) is 3.56. The summed E-state index contributed by atoms with van der Waals surface area (Å²) in [5.41, 5.74) is 5.37. The van der Waals surface area contributed by atoms with Gasteiger partial charge in [-0.1, -0.05) is 26.7 Å². The van der Waals surface area contributed by atoms with Crippen LogP contribution in [0.2, 0.25) is 0 Å². The fourth-order valence-corrected chi connectivity index (χ4v) is 1.87. The molecule has 0 aromatic rings. The number of nitrogens with one attached hydrogen (secondary N) is 1. The van der Waals surface area contributed by atoms with Crippen LogP contribution in [0.15, 0.2) is 0 Å². The van der Waals surface area contributed by atoms with Gasteiger partial charge in [0.05, 0.1) is 5.41 Å². The summed E-state index contributed by atoms with van der Waals surface area (Å²) < 4.78 is 0. The first-order valence-electron chi connectivity index (χ1n) is 5.09. The van der Waals surface area contributed by atoms with Crippen molar-refractivity contribution in [1.29, 1.82) is 0 Å². The Labute approximate surface area is 81.1 Å². The Hall–Kier alpha value is -0.570. The van der Waals surface area contributed by atoms with Gasteiger partial charge in [-0.2, -0.15) is 0 Å². The summed E-state index contributed by atoms with van der Waals surface area (Å²) >= 11 is 0. The number of nitrogens with two attached hydrogens (primary N) is 1. The molecule has 0 unspecified atom stereocenters. The summed E-state index contributed by atoms with van der Waals surface area (Å²) in [6, 6.07) is 0. The van der Waals surface area contributed by atoms with E-state index in [1.807, 2.05) is 0 Å². The van der Waals surface area contributed by atoms with Crippen LogP contribution in [0.25, 0.3) is 0 Å². The van der Waals surface area contributed by atoms with Crippen LogP contribution in [-0.2, 0) is 4.79 Å². The van der Waals surface area contributed by atoms with Gasteiger partial charge in [0.2, 0.25) is 5.91 Å². The van der Waals surface area contributed by atoms with Crippen LogP contribution in [0.3, 0.4) is 0 Å². The van der Waals surface area contributed by atoms with Gasteiger partial charge >= 0.3 is 0 Å². The molecule has 0 aliphatic rings. The number of carbonyl (C=O) groups excluding carboxylic acids is 1. The van der Waals surface area contributed by atoms with Crippen molar-refractivity contribution in [2.24, 2.45) is 11.1 Å². The van der Waals surface area contributed by atoms with E-state index in [4.69, 9.17) is 5.73 Å².